The summed E-state index contributed by atoms with van der Waals surface area (Å²) in [5.41, 5.74) is 0.277. The Kier molecular flexibility index (Phi) is 3.78. The van der Waals surface area contributed by atoms with E-state index in [4.69, 9.17) is 0 Å². The zero-order valence-corrected chi connectivity index (χ0v) is 12.8. The Hall–Kier alpha value is -2.84. The highest BCUT2D eigenvalue weighted by Gasteiger charge is 2.35. The van der Waals surface area contributed by atoms with Gasteiger partial charge < -0.3 is 10.3 Å². The molecular formula is C15H14F3N5O. The van der Waals surface area contributed by atoms with Gasteiger partial charge in [-0.2, -0.15) is 18.3 Å². The van der Waals surface area contributed by atoms with Gasteiger partial charge in [-0.15, -0.1) is 0 Å². The summed E-state index contributed by atoms with van der Waals surface area (Å²) >= 11 is 0. The van der Waals surface area contributed by atoms with Gasteiger partial charge in [0.05, 0.1) is 17.1 Å². The fourth-order valence-electron chi connectivity index (χ4n) is 2.33. The van der Waals surface area contributed by atoms with Gasteiger partial charge >= 0.3 is 6.18 Å². The van der Waals surface area contributed by atoms with Crippen LogP contribution in [0, 0.1) is 0 Å². The lowest BCUT2D eigenvalue weighted by Gasteiger charge is -2.11. The first kappa shape index (κ1) is 16.0. The van der Waals surface area contributed by atoms with E-state index in [0.29, 0.717) is 5.82 Å². The maximum Gasteiger partial charge on any atom is 0.435 e. The molecule has 0 unspecified atom stereocenters. The minimum absolute atomic E-state index is 0.176. The zero-order chi connectivity index (χ0) is 17.5. The second kappa shape index (κ2) is 5.66. The number of fused-ring (bicyclic) bond motifs is 1. The lowest BCUT2D eigenvalue weighted by Crippen LogP contribution is -2.29. The third-order valence-corrected chi connectivity index (χ3v) is 3.57. The zero-order valence-electron chi connectivity index (χ0n) is 12.8. The number of amides is 1. The van der Waals surface area contributed by atoms with Crippen molar-refractivity contribution in [2.45, 2.75) is 19.1 Å². The lowest BCUT2D eigenvalue weighted by molar-refractivity contribution is -0.141. The summed E-state index contributed by atoms with van der Waals surface area (Å²) in [6.45, 7) is 1.69. The number of alkyl halides is 3. The van der Waals surface area contributed by atoms with Crippen LogP contribution < -0.4 is 5.32 Å². The number of hydrogen-bond donors (Lipinski definition) is 2. The van der Waals surface area contributed by atoms with Gasteiger partial charge in [0.15, 0.2) is 5.69 Å². The summed E-state index contributed by atoms with van der Waals surface area (Å²) in [6, 6.07) is 7.57. The quantitative estimate of drug-likeness (QED) is 0.772. The van der Waals surface area contributed by atoms with Gasteiger partial charge in [0.2, 0.25) is 0 Å². The molecule has 0 aliphatic heterocycles. The number of nitrogens with zero attached hydrogens (tertiary/aromatic N) is 3. The van der Waals surface area contributed by atoms with E-state index in [1.165, 1.54) is 7.05 Å². The molecule has 3 rings (SSSR count). The van der Waals surface area contributed by atoms with Crippen LogP contribution >= 0.6 is 0 Å². The van der Waals surface area contributed by atoms with E-state index in [2.05, 4.69) is 20.4 Å². The van der Waals surface area contributed by atoms with Crippen molar-refractivity contribution in [3.63, 3.8) is 0 Å². The molecule has 0 aliphatic carbocycles. The average molecular weight is 337 g/mol. The number of carbonyl (C=O) groups excluding carboxylic acids is 1. The number of nitrogens with one attached hydrogen (secondary N) is 2. The van der Waals surface area contributed by atoms with Crippen molar-refractivity contribution in [3.05, 3.63) is 47.5 Å². The summed E-state index contributed by atoms with van der Waals surface area (Å²) in [7, 11) is 1.29. The van der Waals surface area contributed by atoms with Crippen LogP contribution in [0.3, 0.4) is 0 Å². The third kappa shape index (κ3) is 2.97. The molecule has 0 bridgehead atoms. The molecule has 2 heterocycles. The van der Waals surface area contributed by atoms with Gasteiger partial charge in [-0.3, -0.25) is 9.48 Å². The molecule has 1 aromatic carbocycles. The minimum atomic E-state index is -4.60. The number of rotatable bonds is 3. The number of halogens is 3. The molecule has 0 saturated heterocycles. The van der Waals surface area contributed by atoms with E-state index in [1.54, 1.807) is 6.92 Å². The van der Waals surface area contributed by atoms with Gasteiger partial charge in [-0.1, -0.05) is 12.1 Å². The summed E-state index contributed by atoms with van der Waals surface area (Å²) < 4.78 is 38.9. The van der Waals surface area contributed by atoms with Crippen molar-refractivity contribution in [1.82, 2.24) is 25.1 Å². The number of carbonyl (C=O) groups is 1. The highest BCUT2D eigenvalue weighted by molar-refractivity contribution is 5.93. The largest absolute Gasteiger partial charge is 0.435 e. The normalized spacial score (nSPS) is 13.2. The van der Waals surface area contributed by atoms with Gasteiger partial charge in [-0.25, -0.2) is 4.98 Å². The van der Waals surface area contributed by atoms with Crippen molar-refractivity contribution < 1.29 is 18.0 Å². The van der Waals surface area contributed by atoms with Crippen molar-refractivity contribution in [1.29, 1.82) is 0 Å². The van der Waals surface area contributed by atoms with E-state index in [-0.39, 0.29) is 5.69 Å². The number of aromatic nitrogens is 4. The first-order chi connectivity index (χ1) is 11.3. The number of aryl methyl sites for hydroxylation is 1. The predicted octanol–water partition coefficient (Wildman–Crippen LogP) is 2.81. The van der Waals surface area contributed by atoms with Crippen LogP contribution in [0.5, 0.6) is 0 Å². The highest BCUT2D eigenvalue weighted by atomic mass is 19.4. The molecule has 0 fully saturated rings. The number of H-pyrrole nitrogens is 1. The van der Waals surface area contributed by atoms with Gasteiger partial charge in [0.25, 0.3) is 5.91 Å². The molecule has 0 radical (unpaired) electrons. The Morgan fingerprint density at radius 1 is 1.33 bits per heavy atom. The summed E-state index contributed by atoms with van der Waals surface area (Å²) in [5.74, 6) is -0.142. The first-order valence-corrected chi connectivity index (χ1v) is 7.12. The Labute approximate surface area is 134 Å². The molecule has 1 amide bonds. The SMILES string of the molecule is C[C@H](NC(=O)c1cc(C(F)(F)F)nn1C)c1nc2ccccc2[nH]1. The molecular weight excluding hydrogens is 323 g/mol. The highest BCUT2D eigenvalue weighted by Crippen LogP contribution is 2.28. The molecule has 0 spiro atoms. The fourth-order valence-corrected chi connectivity index (χ4v) is 2.33. The Morgan fingerprint density at radius 2 is 2.04 bits per heavy atom. The van der Waals surface area contributed by atoms with Crippen molar-refractivity contribution in [2.24, 2.45) is 7.05 Å². The topological polar surface area (TPSA) is 75.6 Å². The predicted molar refractivity (Wildman–Crippen MR) is 80.2 cm³/mol. The van der Waals surface area contributed by atoms with E-state index >= 15 is 0 Å². The summed E-state index contributed by atoms with van der Waals surface area (Å²) in [6.07, 6.45) is -4.60. The number of para-hydroxylation sites is 2. The minimum Gasteiger partial charge on any atom is -0.341 e. The molecule has 2 N–H and O–H groups in total. The third-order valence-electron chi connectivity index (χ3n) is 3.57. The smallest absolute Gasteiger partial charge is 0.341 e. The van der Waals surface area contributed by atoms with Crippen LogP contribution in [-0.2, 0) is 13.2 Å². The van der Waals surface area contributed by atoms with Crippen LogP contribution in [-0.4, -0.2) is 25.7 Å². The maximum atomic E-state index is 12.7. The Bertz CT molecular complexity index is 863. The number of aromatic amines is 1. The van der Waals surface area contributed by atoms with Crippen molar-refractivity contribution in [3.8, 4) is 0 Å². The van der Waals surface area contributed by atoms with Crippen LogP contribution in [0.1, 0.15) is 35.0 Å². The van der Waals surface area contributed by atoms with Gasteiger partial charge in [-0.05, 0) is 19.1 Å². The van der Waals surface area contributed by atoms with Crippen LogP contribution in [0.2, 0.25) is 0 Å². The van der Waals surface area contributed by atoms with Crippen LogP contribution in [0.4, 0.5) is 13.2 Å². The fraction of sp³-hybridized carbons (Fsp3) is 0.267. The molecule has 0 saturated carbocycles. The molecule has 0 aliphatic rings. The second-order valence-electron chi connectivity index (χ2n) is 5.37. The molecule has 2 aromatic heterocycles. The van der Waals surface area contributed by atoms with E-state index in [0.717, 1.165) is 21.8 Å². The van der Waals surface area contributed by atoms with Crippen molar-refractivity contribution in [2.75, 3.05) is 0 Å². The monoisotopic (exact) mass is 337 g/mol. The molecule has 1 atom stereocenters. The summed E-state index contributed by atoms with van der Waals surface area (Å²) in [5, 5.41) is 5.94. The molecule has 3 aromatic rings. The first-order valence-electron chi connectivity index (χ1n) is 7.12. The lowest BCUT2D eigenvalue weighted by atomic mass is 10.2. The standard InChI is InChI=1S/C15H14F3N5O/c1-8(13-20-9-5-3-4-6-10(9)21-13)19-14(24)11-7-12(15(16,17)18)22-23(11)2/h3-8H,1-2H3,(H,19,24)(H,20,21)/t8-/m0/s1. The molecule has 6 nitrogen and oxygen atoms in total. The van der Waals surface area contributed by atoms with Gasteiger partial charge in [0.1, 0.15) is 11.5 Å². The number of benzene rings is 1. The van der Waals surface area contributed by atoms with Gasteiger partial charge in [0, 0.05) is 13.1 Å². The van der Waals surface area contributed by atoms with Crippen LogP contribution in [0.25, 0.3) is 11.0 Å². The van der Waals surface area contributed by atoms with Crippen LogP contribution in [0.15, 0.2) is 30.3 Å². The summed E-state index contributed by atoms with van der Waals surface area (Å²) in [4.78, 5) is 19.6. The Morgan fingerprint density at radius 3 is 2.67 bits per heavy atom. The second-order valence-corrected chi connectivity index (χ2v) is 5.37. The van der Waals surface area contributed by atoms with E-state index in [9.17, 15) is 18.0 Å². The van der Waals surface area contributed by atoms with E-state index < -0.39 is 23.8 Å². The van der Waals surface area contributed by atoms with Crippen molar-refractivity contribution >= 4 is 16.9 Å². The molecule has 9 heteroatoms. The van der Waals surface area contributed by atoms with E-state index in [1.807, 2.05) is 24.3 Å². The number of hydrogen-bond acceptors (Lipinski definition) is 3. The maximum absolute atomic E-state index is 12.7. The number of imidazole rings is 1. The average Bonchev–Trinajstić information content (AvgIpc) is 3.09. The Balaban J connectivity index is 1.80. The molecule has 126 valence electrons. The molecule has 24 heavy (non-hydrogen) atoms.